The number of fused-ring (bicyclic) bond motifs is 3. The number of hydrogen-bond donors (Lipinski definition) is 3. The van der Waals surface area contributed by atoms with Crippen LogP contribution in [-0.2, 0) is 26.1 Å². The highest BCUT2D eigenvalue weighted by atomic mass is 32.2. The lowest BCUT2D eigenvalue weighted by atomic mass is 10.1. The monoisotopic (exact) mass is 459 g/mol. The van der Waals surface area contributed by atoms with Gasteiger partial charge in [-0.1, -0.05) is 0 Å². The number of nitrogens with zero attached hydrogens (tertiary/aromatic N) is 3. The zero-order valence-corrected chi connectivity index (χ0v) is 18.3. The number of anilines is 2. The Morgan fingerprint density at radius 2 is 1.84 bits per heavy atom. The summed E-state index contributed by atoms with van der Waals surface area (Å²) in [6.07, 6.45) is 2.34. The minimum Gasteiger partial charge on any atom is -0.395 e. The molecule has 3 aliphatic rings. The number of nitrogens with one attached hydrogen (secondary N) is 2. The van der Waals surface area contributed by atoms with Crippen LogP contribution in [0.4, 0.5) is 16.3 Å². The summed E-state index contributed by atoms with van der Waals surface area (Å²) in [4.78, 5) is 23.3. The minimum absolute atomic E-state index is 0.0313. The number of carbonyl (C=O) groups excluding carboxylic acids is 1. The molecule has 2 aromatic rings. The van der Waals surface area contributed by atoms with Crippen LogP contribution in [0.3, 0.4) is 0 Å². The average molecular weight is 460 g/mol. The quantitative estimate of drug-likeness (QED) is 0.604. The number of sulfone groups is 1. The molecule has 32 heavy (non-hydrogen) atoms. The molecule has 3 aliphatic heterocycles. The standard InChI is InChI=1S/C21H25N5O5S/c27-8-7-22-21(28)23-14-3-1-13(2-4-14)19-24-18-12-32(29,30)11-17(18)20(25-19)26-9-15-5-6-16(10-26)31-15/h1-4,15-16,27H,5-12H2,(H2,22,23,28). The van der Waals surface area contributed by atoms with Gasteiger partial charge in [-0.05, 0) is 37.1 Å². The normalized spacial score (nSPS) is 23.1. The molecule has 0 aliphatic carbocycles. The second-order valence-electron chi connectivity index (χ2n) is 8.37. The third-order valence-corrected chi connectivity index (χ3v) is 7.37. The molecule has 1 aromatic heterocycles. The number of aliphatic hydroxyl groups is 1. The molecule has 3 N–H and O–H groups in total. The molecule has 2 unspecified atom stereocenters. The number of aromatic nitrogens is 2. The van der Waals surface area contributed by atoms with Gasteiger partial charge >= 0.3 is 6.03 Å². The van der Waals surface area contributed by atoms with E-state index in [0.717, 1.165) is 18.4 Å². The Bertz CT molecular complexity index is 1130. The number of amides is 2. The molecule has 0 radical (unpaired) electrons. The highest BCUT2D eigenvalue weighted by Crippen LogP contribution is 2.36. The van der Waals surface area contributed by atoms with E-state index >= 15 is 0 Å². The van der Waals surface area contributed by atoms with Gasteiger partial charge in [-0.3, -0.25) is 0 Å². The van der Waals surface area contributed by atoms with Crippen molar-refractivity contribution < 1.29 is 23.1 Å². The first-order valence-corrected chi connectivity index (χ1v) is 12.5. The average Bonchev–Trinajstić information content (AvgIpc) is 3.27. The molecule has 1 aromatic carbocycles. The number of morpholine rings is 1. The summed E-state index contributed by atoms with van der Waals surface area (Å²) in [6, 6.07) is 6.64. The smallest absolute Gasteiger partial charge is 0.319 e. The van der Waals surface area contributed by atoms with Gasteiger partial charge in [0.15, 0.2) is 15.7 Å². The van der Waals surface area contributed by atoms with E-state index in [4.69, 9.17) is 14.8 Å². The van der Waals surface area contributed by atoms with Crippen LogP contribution in [0, 0.1) is 0 Å². The lowest BCUT2D eigenvalue weighted by Gasteiger charge is -2.34. The van der Waals surface area contributed by atoms with Gasteiger partial charge in [0.25, 0.3) is 0 Å². The van der Waals surface area contributed by atoms with E-state index in [9.17, 15) is 13.2 Å². The van der Waals surface area contributed by atoms with Crippen LogP contribution in [0.5, 0.6) is 0 Å². The molecule has 2 amide bonds. The van der Waals surface area contributed by atoms with Gasteiger partial charge < -0.3 is 25.4 Å². The van der Waals surface area contributed by atoms with Crippen molar-refractivity contribution in [2.45, 2.75) is 36.6 Å². The summed E-state index contributed by atoms with van der Waals surface area (Å²) >= 11 is 0. The fourth-order valence-corrected chi connectivity index (χ4v) is 5.98. The maximum atomic E-state index is 12.4. The maximum Gasteiger partial charge on any atom is 0.319 e. The van der Waals surface area contributed by atoms with Crippen LogP contribution in [-0.4, -0.2) is 68.0 Å². The summed E-state index contributed by atoms with van der Waals surface area (Å²) in [5, 5.41) is 14.0. The van der Waals surface area contributed by atoms with Gasteiger partial charge in [0.1, 0.15) is 5.82 Å². The van der Waals surface area contributed by atoms with Crippen molar-refractivity contribution in [1.82, 2.24) is 15.3 Å². The molecule has 4 heterocycles. The molecular formula is C21H25N5O5S. The van der Waals surface area contributed by atoms with E-state index in [2.05, 4.69) is 20.5 Å². The molecule has 0 saturated carbocycles. The van der Waals surface area contributed by atoms with Crippen molar-refractivity contribution in [3.8, 4) is 11.4 Å². The Morgan fingerprint density at radius 1 is 1.12 bits per heavy atom. The van der Waals surface area contributed by atoms with Gasteiger partial charge in [0.2, 0.25) is 0 Å². The topological polar surface area (TPSA) is 134 Å². The third kappa shape index (κ3) is 4.27. The van der Waals surface area contributed by atoms with E-state index in [1.165, 1.54) is 0 Å². The molecule has 11 heteroatoms. The van der Waals surface area contributed by atoms with Crippen LogP contribution in [0.15, 0.2) is 24.3 Å². The van der Waals surface area contributed by atoms with Crippen LogP contribution in [0.25, 0.3) is 11.4 Å². The number of hydrogen-bond acceptors (Lipinski definition) is 8. The summed E-state index contributed by atoms with van der Waals surface area (Å²) in [6.45, 7) is 1.43. The predicted molar refractivity (Wildman–Crippen MR) is 118 cm³/mol. The Morgan fingerprint density at radius 3 is 2.53 bits per heavy atom. The largest absolute Gasteiger partial charge is 0.395 e. The van der Waals surface area contributed by atoms with Crippen molar-refractivity contribution in [1.29, 1.82) is 0 Å². The Kier molecular flexibility index (Phi) is 5.48. The number of rotatable bonds is 5. The van der Waals surface area contributed by atoms with Crippen LogP contribution in [0.2, 0.25) is 0 Å². The maximum absolute atomic E-state index is 12.4. The summed E-state index contributed by atoms with van der Waals surface area (Å²) in [5.41, 5.74) is 2.58. The number of urea groups is 1. The fraction of sp³-hybridized carbons (Fsp3) is 0.476. The van der Waals surface area contributed by atoms with Gasteiger partial charge in [0, 0.05) is 36.4 Å². The molecule has 2 atom stereocenters. The predicted octanol–water partition coefficient (Wildman–Crippen LogP) is 1.05. The molecule has 2 saturated heterocycles. The molecule has 0 spiro atoms. The highest BCUT2D eigenvalue weighted by Gasteiger charge is 2.38. The van der Waals surface area contributed by atoms with E-state index in [0.29, 0.717) is 41.7 Å². The molecule has 2 fully saturated rings. The first kappa shape index (κ1) is 21.1. The lowest BCUT2D eigenvalue weighted by Crippen LogP contribution is -2.43. The van der Waals surface area contributed by atoms with Crippen LogP contribution >= 0.6 is 0 Å². The second-order valence-corrected chi connectivity index (χ2v) is 10.4. The van der Waals surface area contributed by atoms with Crippen molar-refractivity contribution >= 4 is 27.4 Å². The number of ether oxygens (including phenoxy) is 1. The summed E-state index contributed by atoms with van der Waals surface area (Å²) in [5.74, 6) is 1.05. The Hall–Kier alpha value is -2.76. The minimum atomic E-state index is -3.24. The van der Waals surface area contributed by atoms with Gasteiger partial charge in [-0.15, -0.1) is 0 Å². The SMILES string of the molecule is O=C(NCCO)Nc1ccc(-c2nc3c(c(N4CC5CCC(C4)O5)n2)CS(=O)(=O)C3)cc1. The molecular weight excluding hydrogens is 434 g/mol. The molecule has 2 bridgehead atoms. The van der Waals surface area contributed by atoms with E-state index in [-0.39, 0.29) is 36.9 Å². The number of benzene rings is 1. The fourth-order valence-electron chi connectivity index (χ4n) is 4.49. The van der Waals surface area contributed by atoms with Crippen LogP contribution in [0.1, 0.15) is 24.1 Å². The Labute approximate surface area is 185 Å². The second kappa shape index (κ2) is 8.30. The number of aliphatic hydroxyl groups excluding tert-OH is 1. The van der Waals surface area contributed by atoms with Crippen molar-refractivity contribution in [3.05, 3.63) is 35.5 Å². The van der Waals surface area contributed by atoms with E-state index < -0.39 is 15.9 Å². The molecule has 10 nitrogen and oxygen atoms in total. The van der Waals surface area contributed by atoms with Gasteiger partial charge in [0.05, 0.1) is 36.0 Å². The zero-order valence-electron chi connectivity index (χ0n) is 17.5. The van der Waals surface area contributed by atoms with Gasteiger partial charge in [-0.2, -0.15) is 0 Å². The van der Waals surface area contributed by atoms with Crippen LogP contribution < -0.4 is 15.5 Å². The Balaban J connectivity index is 1.44. The van der Waals surface area contributed by atoms with E-state index in [1.807, 2.05) is 0 Å². The first-order valence-electron chi connectivity index (χ1n) is 10.7. The molecule has 5 rings (SSSR count). The molecule has 170 valence electrons. The number of carbonyl (C=O) groups is 1. The van der Waals surface area contributed by atoms with Crippen molar-refractivity contribution in [2.24, 2.45) is 0 Å². The highest BCUT2D eigenvalue weighted by molar-refractivity contribution is 7.90. The van der Waals surface area contributed by atoms with E-state index in [1.54, 1.807) is 24.3 Å². The van der Waals surface area contributed by atoms with Crippen molar-refractivity contribution in [2.75, 3.05) is 36.5 Å². The lowest BCUT2D eigenvalue weighted by molar-refractivity contribution is 0.0302. The van der Waals surface area contributed by atoms with Crippen molar-refractivity contribution in [3.63, 3.8) is 0 Å². The summed E-state index contributed by atoms with van der Waals surface area (Å²) in [7, 11) is -3.24. The third-order valence-electron chi connectivity index (χ3n) is 5.93. The zero-order chi connectivity index (χ0) is 22.3. The summed E-state index contributed by atoms with van der Waals surface area (Å²) < 4.78 is 30.7. The first-order chi connectivity index (χ1) is 15.4. The van der Waals surface area contributed by atoms with Gasteiger partial charge in [-0.25, -0.2) is 23.2 Å².